The summed E-state index contributed by atoms with van der Waals surface area (Å²) in [5.41, 5.74) is 2.95. The molecule has 0 radical (unpaired) electrons. The number of nitrogens with zero attached hydrogens (tertiary/aromatic N) is 4. The van der Waals surface area contributed by atoms with Crippen molar-refractivity contribution in [1.82, 2.24) is 4.90 Å². The first-order chi connectivity index (χ1) is 15.7. The van der Waals surface area contributed by atoms with Crippen molar-refractivity contribution in [3.63, 3.8) is 0 Å². The zero-order chi connectivity index (χ0) is 22.1. The van der Waals surface area contributed by atoms with E-state index in [1.54, 1.807) is 30.2 Å². The summed E-state index contributed by atoms with van der Waals surface area (Å²) in [4.78, 5) is 19.5. The number of carbonyl (C=O) groups excluding carboxylic acids is 1. The number of ether oxygens (including phenoxy) is 2. The zero-order valence-electron chi connectivity index (χ0n) is 17.7. The van der Waals surface area contributed by atoms with E-state index < -0.39 is 0 Å². The fraction of sp³-hybridized carbons (Fsp3) is 0.200. The van der Waals surface area contributed by atoms with E-state index in [4.69, 9.17) is 9.47 Å². The highest BCUT2D eigenvalue weighted by Crippen LogP contribution is 2.47. The topological polar surface area (TPSA) is 69.0 Å². The highest BCUT2D eigenvalue weighted by molar-refractivity contribution is 6.03. The molecule has 2 amide bonds. The van der Waals surface area contributed by atoms with Crippen LogP contribution >= 0.6 is 0 Å². The average molecular weight is 426 g/mol. The molecule has 32 heavy (non-hydrogen) atoms. The molecule has 1 fully saturated rings. The molecule has 0 bridgehead atoms. The molecule has 5 rings (SSSR count). The van der Waals surface area contributed by atoms with Gasteiger partial charge in [0.2, 0.25) is 0 Å². The Morgan fingerprint density at radius 1 is 0.938 bits per heavy atom. The molecule has 7 nitrogen and oxygen atoms in total. The summed E-state index contributed by atoms with van der Waals surface area (Å²) in [6.45, 7) is 2.70. The van der Waals surface area contributed by atoms with Gasteiger partial charge in [0.15, 0.2) is 11.5 Å². The van der Waals surface area contributed by atoms with Gasteiger partial charge >= 0.3 is 6.03 Å². The standard InChI is InChI=1S/C25H22N4O3/c1-31-20-9-7-19(8-10-20)27-12-14-28(15-13-27)25(30)29-21-4-2-3-5-23(21)32-24-16-18(17-26)6-11-22(24)29/h2-11,16H,12-15H2,1H3. The lowest BCUT2D eigenvalue weighted by atomic mass is 10.1. The second-order valence-electron chi connectivity index (χ2n) is 7.65. The molecule has 0 saturated carbocycles. The summed E-state index contributed by atoms with van der Waals surface area (Å²) in [5, 5.41) is 9.26. The van der Waals surface area contributed by atoms with Gasteiger partial charge in [-0.15, -0.1) is 0 Å². The van der Waals surface area contributed by atoms with E-state index in [2.05, 4.69) is 11.0 Å². The summed E-state index contributed by atoms with van der Waals surface area (Å²) < 4.78 is 11.2. The van der Waals surface area contributed by atoms with Crippen molar-refractivity contribution in [2.24, 2.45) is 0 Å². The Bertz CT molecular complexity index is 1190. The Hall–Kier alpha value is -4.18. The molecule has 0 unspecified atom stereocenters. The van der Waals surface area contributed by atoms with Crippen molar-refractivity contribution >= 4 is 23.1 Å². The largest absolute Gasteiger partial charge is 0.497 e. The summed E-state index contributed by atoms with van der Waals surface area (Å²) in [6.07, 6.45) is 0. The first-order valence-electron chi connectivity index (χ1n) is 10.5. The van der Waals surface area contributed by atoms with Gasteiger partial charge in [0.05, 0.1) is 30.1 Å². The fourth-order valence-electron chi connectivity index (χ4n) is 4.12. The quantitative estimate of drug-likeness (QED) is 0.591. The Morgan fingerprint density at radius 3 is 2.38 bits per heavy atom. The Kier molecular flexibility index (Phi) is 5.04. The Labute approximate surface area is 186 Å². The van der Waals surface area contributed by atoms with Gasteiger partial charge in [-0.3, -0.25) is 4.90 Å². The third kappa shape index (κ3) is 3.46. The fourth-order valence-corrected chi connectivity index (χ4v) is 4.12. The van der Waals surface area contributed by atoms with Crippen LogP contribution in [0.25, 0.3) is 0 Å². The predicted octanol–water partition coefficient (Wildman–Crippen LogP) is 4.75. The van der Waals surface area contributed by atoms with Gasteiger partial charge in [0, 0.05) is 37.9 Å². The summed E-state index contributed by atoms with van der Waals surface area (Å²) in [7, 11) is 1.66. The Morgan fingerprint density at radius 2 is 1.66 bits per heavy atom. The van der Waals surface area contributed by atoms with Crippen LogP contribution in [0.15, 0.2) is 66.7 Å². The number of benzene rings is 3. The van der Waals surface area contributed by atoms with Gasteiger partial charge in [-0.05, 0) is 48.5 Å². The Balaban J connectivity index is 1.38. The zero-order valence-corrected chi connectivity index (χ0v) is 17.7. The van der Waals surface area contributed by atoms with Gasteiger partial charge in [-0.2, -0.15) is 5.26 Å². The van der Waals surface area contributed by atoms with E-state index >= 15 is 0 Å². The molecule has 1 saturated heterocycles. The molecule has 0 spiro atoms. The smallest absolute Gasteiger partial charge is 0.329 e. The van der Waals surface area contributed by atoms with E-state index in [0.717, 1.165) is 24.5 Å². The molecule has 2 heterocycles. The number of nitriles is 1. The maximum Gasteiger partial charge on any atom is 0.329 e. The van der Waals surface area contributed by atoms with Crippen LogP contribution < -0.4 is 19.3 Å². The second-order valence-corrected chi connectivity index (χ2v) is 7.65. The maximum absolute atomic E-state index is 13.7. The third-order valence-corrected chi connectivity index (χ3v) is 5.83. The maximum atomic E-state index is 13.7. The molecule has 0 aliphatic carbocycles. The minimum Gasteiger partial charge on any atom is -0.497 e. The van der Waals surface area contributed by atoms with E-state index in [1.807, 2.05) is 53.4 Å². The van der Waals surface area contributed by atoms with Gasteiger partial charge in [-0.25, -0.2) is 4.79 Å². The number of methoxy groups -OCH3 is 1. The summed E-state index contributed by atoms with van der Waals surface area (Å²) in [6, 6.07) is 22.6. The van der Waals surface area contributed by atoms with Crippen molar-refractivity contribution in [2.45, 2.75) is 0 Å². The number of hydrogen-bond acceptors (Lipinski definition) is 5. The lowest BCUT2D eigenvalue weighted by Crippen LogP contribution is -2.52. The molecule has 160 valence electrons. The highest BCUT2D eigenvalue weighted by atomic mass is 16.5. The molecular formula is C25H22N4O3. The highest BCUT2D eigenvalue weighted by Gasteiger charge is 2.33. The number of amides is 2. The van der Waals surface area contributed by atoms with Crippen LogP contribution in [0, 0.1) is 11.3 Å². The van der Waals surface area contributed by atoms with Crippen LogP contribution in [0.5, 0.6) is 17.2 Å². The van der Waals surface area contributed by atoms with E-state index in [-0.39, 0.29) is 6.03 Å². The second kappa shape index (κ2) is 8.16. The third-order valence-electron chi connectivity index (χ3n) is 5.83. The number of urea groups is 1. The molecule has 7 heteroatoms. The minimum absolute atomic E-state index is 0.0962. The van der Waals surface area contributed by atoms with Crippen molar-refractivity contribution in [1.29, 1.82) is 5.26 Å². The predicted molar refractivity (Wildman–Crippen MR) is 122 cm³/mol. The van der Waals surface area contributed by atoms with Gasteiger partial charge < -0.3 is 19.3 Å². The first-order valence-corrected chi connectivity index (χ1v) is 10.5. The van der Waals surface area contributed by atoms with Crippen LogP contribution in [0.3, 0.4) is 0 Å². The number of anilines is 3. The molecular weight excluding hydrogens is 404 g/mol. The summed E-state index contributed by atoms with van der Waals surface area (Å²) in [5.74, 6) is 1.93. The van der Waals surface area contributed by atoms with Gasteiger partial charge in [-0.1, -0.05) is 12.1 Å². The monoisotopic (exact) mass is 426 g/mol. The lowest BCUT2D eigenvalue weighted by Gasteiger charge is -2.40. The molecule has 0 atom stereocenters. The van der Waals surface area contributed by atoms with Crippen LogP contribution in [-0.2, 0) is 0 Å². The molecule has 3 aromatic rings. The number of carbonyl (C=O) groups is 1. The van der Waals surface area contributed by atoms with E-state index in [1.165, 1.54) is 0 Å². The van der Waals surface area contributed by atoms with Crippen LogP contribution in [-0.4, -0.2) is 44.2 Å². The number of fused-ring (bicyclic) bond motifs is 2. The molecule has 0 N–H and O–H groups in total. The van der Waals surface area contributed by atoms with Crippen LogP contribution in [0.4, 0.5) is 21.9 Å². The first kappa shape index (κ1) is 19.8. The van der Waals surface area contributed by atoms with Crippen molar-refractivity contribution in [3.8, 4) is 23.3 Å². The van der Waals surface area contributed by atoms with E-state index in [9.17, 15) is 10.1 Å². The van der Waals surface area contributed by atoms with E-state index in [0.29, 0.717) is 41.5 Å². The van der Waals surface area contributed by atoms with Crippen molar-refractivity contribution < 1.29 is 14.3 Å². The molecule has 3 aromatic carbocycles. The van der Waals surface area contributed by atoms with Crippen molar-refractivity contribution in [3.05, 3.63) is 72.3 Å². The molecule has 2 aliphatic heterocycles. The molecule has 2 aliphatic rings. The molecule has 0 aromatic heterocycles. The summed E-state index contributed by atoms with van der Waals surface area (Å²) >= 11 is 0. The van der Waals surface area contributed by atoms with Crippen LogP contribution in [0.1, 0.15) is 5.56 Å². The van der Waals surface area contributed by atoms with Gasteiger partial charge in [0.25, 0.3) is 0 Å². The normalized spacial score (nSPS) is 14.7. The average Bonchev–Trinajstić information content (AvgIpc) is 2.86. The van der Waals surface area contributed by atoms with Crippen molar-refractivity contribution in [2.75, 3.05) is 43.1 Å². The number of para-hydroxylation sites is 2. The van der Waals surface area contributed by atoms with Gasteiger partial charge in [0.1, 0.15) is 5.75 Å². The number of rotatable bonds is 2. The lowest BCUT2D eigenvalue weighted by molar-refractivity contribution is 0.203. The van der Waals surface area contributed by atoms with Crippen LogP contribution in [0.2, 0.25) is 0 Å². The SMILES string of the molecule is COc1ccc(N2CCN(C(=O)N3c4ccccc4Oc4cc(C#N)ccc43)CC2)cc1. The minimum atomic E-state index is -0.0962. The number of piperazine rings is 1. The number of hydrogen-bond donors (Lipinski definition) is 0.